The van der Waals surface area contributed by atoms with Crippen LogP contribution in [0.1, 0.15) is 105 Å². The van der Waals surface area contributed by atoms with Gasteiger partial charge in [0.2, 0.25) is 0 Å². The zero-order valence-electron chi connectivity index (χ0n) is 38.8. The molecule has 0 saturated heterocycles. The summed E-state index contributed by atoms with van der Waals surface area (Å²) in [5.41, 5.74) is 18.7. The van der Waals surface area contributed by atoms with Crippen molar-refractivity contribution in [3.63, 3.8) is 0 Å². The van der Waals surface area contributed by atoms with Crippen LogP contribution in [0.3, 0.4) is 0 Å². The van der Waals surface area contributed by atoms with E-state index in [9.17, 15) is 0 Å². The van der Waals surface area contributed by atoms with E-state index in [0.29, 0.717) is 0 Å². The quantitative estimate of drug-likeness (QED) is 0.154. The number of benzene rings is 7. The summed E-state index contributed by atoms with van der Waals surface area (Å²) >= 11 is 1.93. The topological polar surface area (TPSA) is 21.3 Å². The number of nitrogens with zero attached hydrogens (tertiary/aromatic N) is 2. The second-order valence-corrected chi connectivity index (χ2v) is 23.7. The van der Waals surface area contributed by atoms with Gasteiger partial charge in [-0.15, -0.1) is 11.3 Å². The van der Waals surface area contributed by atoms with E-state index in [0.717, 1.165) is 11.2 Å². The lowest BCUT2D eigenvalue weighted by molar-refractivity contribution is 0.590. The van der Waals surface area contributed by atoms with Crippen LogP contribution in [-0.4, -0.2) is 11.4 Å². The van der Waals surface area contributed by atoms with Crippen LogP contribution in [0.15, 0.2) is 120 Å². The number of aromatic nitrogens is 1. The first-order valence-corrected chi connectivity index (χ1v) is 23.6. The molecule has 2 aliphatic heterocycles. The van der Waals surface area contributed by atoms with Crippen molar-refractivity contribution < 1.29 is 4.42 Å². The van der Waals surface area contributed by atoms with Gasteiger partial charge in [-0.3, -0.25) is 0 Å². The minimum atomic E-state index is -0.107. The van der Waals surface area contributed by atoms with Crippen LogP contribution in [0.4, 0.5) is 11.4 Å². The fourth-order valence-corrected chi connectivity index (χ4v) is 12.0. The summed E-state index contributed by atoms with van der Waals surface area (Å²) in [5.74, 6) is 0. The molecule has 63 heavy (non-hydrogen) atoms. The van der Waals surface area contributed by atoms with Crippen LogP contribution in [0.2, 0.25) is 0 Å². The molecule has 0 atom stereocenters. The van der Waals surface area contributed by atoms with Crippen molar-refractivity contribution >= 4 is 104 Å². The van der Waals surface area contributed by atoms with Gasteiger partial charge in [0.25, 0.3) is 0 Å². The van der Waals surface area contributed by atoms with Gasteiger partial charge in [0.1, 0.15) is 11.2 Å². The molecular formula is C58H55BN2OS. The van der Waals surface area contributed by atoms with Crippen LogP contribution in [0, 0.1) is 0 Å². The van der Waals surface area contributed by atoms with E-state index in [4.69, 9.17) is 4.42 Å². The molecule has 2 aliphatic rings. The van der Waals surface area contributed by atoms with Gasteiger partial charge in [0.15, 0.2) is 0 Å². The van der Waals surface area contributed by atoms with E-state index < -0.39 is 0 Å². The van der Waals surface area contributed by atoms with E-state index in [-0.39, 0.29) is 28.5 Å². The number of furan rings is 1. The van der Waals surface area contributed by atoms with Gasteiger partial charge in [-0.1, -0.05) is 144 Å². The van der Waals surface area contributed by atoms with Gasteiger partial charge >= 0.3 is 6.85 Å². The minimum Gasteiger partial charge on any atom is -0.455 e. The average Bonchev–Trinajstić information content (AvgIpc) is 3.90. The van der Waals surface area contributed by atoms with Crippen molar-refractivity contribution in [1.82, 2.24) is 4.57 Å². The summed E-state index contributed by atoms with van der Waals surface area (Å²) < 4.78 is 12.5. The van der Waals surface area contributed by atoms with Crippen LogP contribution in [0.25, 0.3) is 80.7 Å². The van der Waals surface area contributed by atoms with Gasteiger partial charge in [0.05, 0.1) is 16.4 Å². The zero-order valence-corrected chi connectivity index (χ0v) is 39.6. The average molecular weight is 839 g/mol. The largest absolute Gasteiger partial charge is 0.455 e. The lowest BCUT2D eigenvalue weighted by Gasteiger charge is -2.42. The SMILES string of the molecule is CC(C)(C)c1ccc(N2B3c4cc(C(C)(C)C)ccc4-n4c5ccc(C(C)(C)C)cc5c5c6oc7ccccc7c6c(c3c54)-c3cc4c(cc32)sc2cc(C(C)(C)C)ccc24)cc1. The first-order valence-electron chi connectivity index (χ1n) is 22.8. The summed E-state index contributed by atoms with van der Waals surface area (Å²) in [6, 6.07) is 45.0. The maximum atomic E-state index is 7.22. The second kappa shape index (κ2) is 12.5. The predicted molar refractivity (Wildman–Crippen MR) is 275 cm³/mol. The Kier molecular flexibility index (Phi) is 7.70. The van der Waals surface area contributed by atoms with Crippen LogP contribution < -0.4 is 15.7 Å². The Morgan fingerprint density at radius 1 is 0.508 bits per heavy atom. The Morgan fingerprint density at radius 2 is 1.13 bits per heavy atom. The van der Waals surface area contributed by atoms with E-state index in [1.54, 1.807) is 0 Å². The summed E-state index contributed by atoms with van der Waals surface area (Å²) in [5, 5.41) is 7.47. The number of hydrogen-bond donors (Lipinski definition) is 0. The summed E-state index contributed by atoms with van der Waals surface area (Å²) in [6.45, 7) is 27.8. The van der Waals surface area contributed by atoms with Crippen LogP contribution >= 0.6 is 11.3 Å². The monoisotopic (exact) mass is 838 g/mol. The van der Waals surface area contributed by atoms with E-state index in [1.807, 2.05) is 11.3 Å². The molecule has 0 fully saturated rings. The number of fused-ring (bicyclic) bond motifs is 16. The van der Waals surface area contributed by atoms with Gasteiger partial charge in [-0.2, -0.15) is 0 Å². The Hall–Kier alpha value is -5.78. The maximum Gasteiger partial charge on any atom is 0.333 e. The second-order valence-electron chi connectivity index (χ2n) is 22.7. The Morgan fingerprint density at radius 3 is 1.84 bits per heavy atom. The van der Waals surface area contributed by atoms with Gasteiger partial charge in [-0.25, -0.2) is 0 Å². The predicted octanol–water partition coefficient (Wildman–Crippen LogP) is 15.5. The Labute approximate surface area is 375 Å². The molecular weight excluding hydrogens is 784 g/mol. The number of thiophene rings is 1. The summed E-state index contributed by atoms with van der Waals surface area (Å²) in [6.07, 6.45) is 0. The van der Waals surface area contributed by atoms with Crippen molar-refractivity contribution in [2.75, 3.05) is 4.81 Å². The van der Waals surface area contributed by atoms with Crippen molar-refractivity contribution in [2.45, 2.75) is 105 Å². The molecule has 5 heteroatoms. The molecule has 3 aromatic heterocycles. The number of hydrogen-bond acceptors (Lipinski definition) is 3. The summed E-state index contributed by atoms with van der Waals surface area (Å²) in [7, 11) is 0. The molecule has 10 aromatic rings. The maximum absolute atomic E-state index is 7.22. The van der Waals surface area contributed by atoms with Crippen molar-refractivity contribution in [3.05, 3.63) is 138 Å². The third-order valence-corrected chi connectivity index (χ3v) is 15.5. The highest BCUT2D eigenvalue weighted by atomic mass is 32.1. The number of anilines is 2. The smallest absolute Gasteiger partial charge is 0.333 e. The number of rotatable bonds is 1. The molecule has 0 amide bonds. The highest BCUT2D eigenvalue weighted by Crippen LogP contribution is 2.53. The molecule has 0 radical (unpaired) electrons. The molecule has 0 aliphatic carbocycles. The molecule has 0 unspecified atom stereocenters. The summed E-state index contributed by atoms with van der Waals surface area (Å²) in [4.78, 5) is 2.70. The molecule has 0 N–H and O–H groups in total. The molecule has 312 valence electrons. The van der Waals surface area contributed by atoms with Crippen molar-refractivity contribution in [3.8, 4) is 16.8 Å². The van der Waals surface area contributed by atoms with E-state index >= 15 is 0 Å². The van der Waals surface area contributed by atoms with Gasteiger partial charge in [0, 0.05) is 59.0 Å². The third kappa shape index (κ3) is 5.45. The number of para-hydroxylation sites is 1. The van der Waals surface area contributed by atoms with Crippen LogP contribution in [0.5, 0.6) is 0 Å². The standard InChI is InChI=1S/C58H55BN2OS/c1-55(2,3)32-17-22-36(23-18-32)61-45-31-48-39(37-24-19-35(58(10,11)12)29-47(37)63-48)30-41(45)49-50-38-15-13-14-16-46(38)62-54(50)51-40-27-33(56(4,5)6)20-25-43(40)60-44-26-21-34(57(7,8)9)28-42(44)59(61)52(49)53(51)60/h13-31H,1-12H3. The fraction of sp³-hybridized carbons (Fsp3) is 0.276. The van der Waals surface area contributed by atoms with E-state index in [1.165, 1.54) is 114 Å². The molecule has 12 rings (SSSR count). The Balaban J connectivity index is 1.32. The van der Waals surface area contributed by atoms with Gasteiger partial charge in [-0.05, 0) is 115 Å². The molecule has 0 bridgehead atoms. The van der Waals surface area contributed by atoms with Crippen LogP contribution in [-0.2, 0) is 21.7 Å². The highest BCUT2D eigenvalue weighted by Gasteiger charge is 2.46. The molecule has 0 spiro atoms. The zero-order chi connectivity index (χ0) is 43.9. The van der Waals surface area contributed by atoms with E-state index in [2.05, 4.69) is 208 Å². The lowest BCUT2D eigenvalue weighted by atomic mass is 9.43. The molecule has 5 heterocycles. The third-order valence-electron chi connectivity index (χ3n) is 14.4. The first-order chi connectivity index (χ1) is 29.8. The molecule has 0 saturated carbocycles. The van der Waals surface area contributed by atoms with Crippen molar-refractivity contribution in [2.24, 2.45) is 0 Å². The van der Waals surface area contributed by atoms with Crippen molar-refractivity contribution in [1.29, 1.82) is 0 Å². The first kappa shape index (κ1) is 38.9. The lowest BCUT2D eigenvalue weighted by Crippen LogP contribution is -2.60. The normalized spacial score (nSPS) is 14.3. The minimum absolute atomic E-state index is 0.0245. The molecule has 7 aromatic carbocycles. The fourth-order valence-electron chi connectivity index (χ4n) is 10.9. The Bertz CT molecular complexity index is 3610. The highest BCUT2D eigenvalue weighted by molar-refractivity contribution is 7.25. The van der Waals surface area contributed by atoms with Gasteiger partial charge < -0.3 is 13.8 Å². The molecule has 3 nitrogen and oxygen atoms in total.